The SMILES string of the molecule is O=C(NCC(CO)c1ccccc1)C1=NS(=O)(=O)c2cc(Cl)ccc2N1. The predicted octanol–water partition coefficient (Wildman–Crippen LogP) is 1.74. The number of fused-ring (bicyclic) bond motifs is 1. The first-order valence-electron chi connectivity index (χ1n) is 7.76. The van der Waals surface area contributed by atoms with Gasteiger partial charge in [0, 0.05) is 17.5 Å². The van der Waals surface area contributed by atoms with Crippen LogP contribution in [0.2, 0.25) is 5.02 Å². The second kappa shape index (κ2) is 7.45. The van der Waals surface area contributed by atoms with Crippen molar-refractivity contribution in [3.63, 3.8) is 0 Å². The van der Waals surface area contributed by atoms with E-state index in [4.69, 9.17) is 11.6 Å². The quantitative estimate of drug-likeness (QED) is 0.717. The van der Waals surface area contributed by atoms with E-state index in [1.807, 2.05) is 30.3 Å². The van der Waals surface area contributed by atoms with E-state index in [2.05, 4.69) is 15.0 Å². The Morgan fingerprint density at radius 1 is 1.23 bits per heavy atom. The smallest absolute Gasteiger partial charge is 0.287 e. The number of nitrogens with one attached hydrogen (secondary N) is 2. The zero-order valence-electron chi connectivity index (χ0n) is 13.5. The maximum absolute atomic E-state index is 12.3. The summed E-state index contributed by atoms with van der Waals surface area (Å²) in [4.78, 5) is 12.3. The Bertz CT molecular complexity index is 961. The average Bonchev–Trinajstić information content (AvgIpc) is 2.63. The maximum atomic E-state index is 12.3. The van der Waals surface area contributed by atoms with Gasteiger partial charge in [0.25, 0.3) is 15.9 Å². The second-order valence-electron chi connectivity index (χ2n) is 5.68. The lowest BCUT2D eigenvalue weighted by molar-refractivity contribution is -0.114. The van der Waals surface area contributed by atoms with Crippen molar-refractivity contribution in [1.29, 1.82) is 0 Å². The van der Waals surface area contributed by atoms with Gasteiger partial charge in [0.1, 0.15) is 4.90 Å². The van der Waals surface area contributed by atoms with Crippen molar-refractivity contribution >= 4 is 39.1 Å². The molecule has 0 fully saturated rings. The van der Waals surface area contributed by atoms with Crippen LogP contribution in [0.4, 0.5) is 5.69 Å². The van der Waals surface area contributed by atoms with Gasteiger partial charge in [0.05, 0.1) is 12.3 Å². The monoisotopic (exact) mass is 393 g/mol. The fourth-order valence-corrected chi connectivity index (χ4v) is 3.92. The molecule has 0 aliphatic carbocycles. The molecule has 0 bridgehead atoms. The first-order chi connectivity index (χ1) is 12.4. The minimum Gasteiger partial charge on any atom is -0.396 e. The molecule has 3 N–H and O–H groups in total. The first-order valence-corrected chi connectivity index (χ1v) is 9.58. The molecule has 0 radical (unpaired) electrons. The molecule has 3 rings (SSSR count). The number of amides is 1. The summed E-state index contributed by atoms with van der Waals surface area (Å²) in [7, 11) is -4.02. The number of rotatable bonds is 5. The van der Waals surface area contributed by atoms with Crippen molar-refractivity contribution in [2.75, 3.05) is 18.5 Å². The summed E-state index contributed by atoms with van der Waals surface area (Å²) in [6.45, 7) is -0.0304. The van der Waals surface area contributed by atoms with Crippen LogP contribution in [-0.2, 0) is 14.8 Å². The molecule has 0 saturated carbocycles. The molecule has 1 aliphatic heterocycles. The predicted molar refractivity (Wildman–Crippen MR) is 99.0 cm³/mol. The van der Waals surface area contributed by atoms with Crippen LogP contribution in [-0.4, -0.2) is 38.4 Å². The number of carbonyl (C=O) groups is 1. The summed E-state index contributed by atoms with van der Waals surface area (Å²) in [5.41, 5.74) is 1.10. The Morgan fingerprint density at radius 2 is 1.96 bits per heavy atom. The van der Waals surface area contributed by atoms with Gasteiger partial charge < -0.3 is 15.7 Å². The zero-order valence-corrected chi connectivity index (χ0v) is 15.1. The molecule has 1 amide bonds. The number of benzene rings is 2. The Kier molecular flexibility index (Phi) is 5.26. The van der Waals surface area contributed by atoms with E-state index in [0.29, 0.717) is 0 Å². The van der Waals surface area contributed by atoms with Crippen LogP contribution in [0.3, 0.4) is 0 Å². The molecular formula is C17H16ClN3O4S. The molecule has 9 heteroatoms. The van der Waals surface area contributed by atoms with Crippen molar-refractivity contribution in [1.82, 2.24) is 5.32 Å². The van der Waals surface area contributed by atoms with Crippen molar-refractivity contribution in [3.05, 3.63) is 59.1 Å². The summed E-state index contributed by atoms with van der Waals surface area (Å²) in [5.74, 6) is -1.32. The molecule has 2 aromatic carbocycles. The Hall–Kier alpha value is -2.42. The van der Waals surface area contributed by atoms with Crippen LogP contribution in [0.5, 0.6) is 0 Å². The fraction of sp³-hybridized carbons (Fsp3) is 0.176. The number of aliphatic hydroxyl groups excluding tert-OH is 1. The summed E-state index contributed by atoms with van der Waals surface area (Å²) in [6, 6.07) is 13.5. The van der Waals surface area contributed by atoms with E-state index in [9.17, 15) is 18.3 Å². The lowest BCUT2D eigenvalue weighted by Gasteiger charge is -2.19. The van der Waals surface area contributed by atoms with Gasteiger partial charge >= 0.3 is 0 Å². The lowest BCUT2D eigenvalue weighted by Crippen LogP contribution is -2.40. The van der Waals surface area contributed by atoms with Gasteiger partial charge in [-0.05, 0) is 23.8 Å². The number of halogens is 1. The van der Waals surface area contributed by atoms with E-state index >= 15 is 0 Å². The summed E-state index contributed by atoms with van der Waals surface area (Å²) < 4.78 is 28.0. The highest BCUT2D eigenvalue weighted by atomic mass is 35.5. The number of amidine groups is 1. The molecule has 0 aromatic heterocycles. The average molecular weight is 394 g/mol. The number of carbonyl (C=O) groups excluding carboxylic acids is 1. The van der Waals surface area contributed by atoms with Crippen LogP contribution in [0, 0.1) is 0 Å². The number of sulfonamides is 1. The lowest BCUT2D eigenvalue weighted by atomic mass is 10.0. The van der Waals surface area contributed by atoms with Gasteiger partial charge in [-0.3, -0.25) is 4.79 Å². The Morgan fingerprint density at radius 3 is 2.65 bits per heavy atom. The zero-order chi connectivity index (χ0) is 18.7. The Labute approximate surface area is 155 Å². The molecule has 0 saturated heterocycles. The highest BCUT2D eigenvalue weighted by molar-refractivity contribution is 7.90. The molecule has 2 aromatic rings. The number of anilines is 1. The van der Waals surface area contributed by atoms with E-state index in [1.54, 1.807) is 0 Å². The van der Waals surface area contributed by atoms with Crippen molar-refractivity contribution < 1.29 is 18.3 Å². The summed E-state index contributed by atoms with van der Waals surface area (Å²) in [6.07, 6.45) is 0. The van der Waals surface area contributed by atoms with Crippen LogP contribution in [0.25, 0.3) is 0 Å². The minimum atomic E-state index is -4.02. The molecule has 7 nitrogen and oxygen atoms in total. The largest absolute Gasteiger partial charge is 0.396 e. The number of nitrogens with zero attached hydrogens (tertiary/aromatic N) is 1. The van der Waals surface area contributed by atoms with Gasteiger partial charge in [-0.2, -0.15) is 8.42 Å². The van der Waals surface area contributed by atoms with Crippen molar-refractivity contribution in [3.8, 4) is 0 Å². The van der Waals surface area contributed by atoms with Crippen molar-refractivity contribution in [2.45, 2.75) is 10.8 Å². The number of hydrogen-bond donors (Lipinski definition) is 3. The summed E-state index contributed by atoms with van der Waals surface area (Å²) >= 11 is 5.82. The molecule has 1 heterocycles. The topological polar surface area (TPSA) is 108 Å². The van der Waals surface area contributed by atoms with E-state index in [-0.39, 0.29) is 40.5 Å². The molecular weight excluding hydrogens is 378 g/mol. The normalized spacial score (nSPS) is 16.0. The molecule has 1 aliphatic rings. The van der Waals surface area contributed by atoms with E-state index in [1.165, 1.54) is 18.2 Å². The first kappa shape index (κ1) is 18.4. The molecule has 26 heavy (non-hydrogen) atoms. The van der Waals surface area contributed by atoms with Crippen molar-refractivity contribution in [2.24, 2.45) is 4.40 Å². The summed E-state index contributed by atoms with van der Waals surface area (Å²) in [5, 5.41) is 15.1. The maximum Gasteiger partial charge on any atom is 0.287 e. The van der Waals surface area contributed by atoms with Crippen LogP contribution >= 0.6 is 11.6 Å². The Balaban J connectivity index is 1.75. The number of hydrogen-bond acceptors (Lipinski definition) is 5. The standard InChI is InChI=1S/C17H16ClN3O4S/c18-13-6-7-14-15(8-13)26(24,25)21-16(20-14)17(23)19-9-12(10-22)11-4-2-1-3-5-11/h1-8,12,22H,9-10H2,(H,19,23)(H,20,21). The van der Waals surface area contributed by atoms with Gasteiger partial charge in [-0.25, -0.2) is 0 Å². The van der Waals surface area contributed by atoms with Gasteiger partial charge in [-0.15, -0.1) is 4.40 Å². The van der Waals surface area contributed by atoms with Crippen LogP contribution in [0.15, 0.2) is 57.8 Å². The third-order valence-corrected chi connectivity index (χ3v) is 5.45. The van der Waals surface area contributed by atoms with Gasteiger partial charge in [0.2, 0.25) is 5.84 Å². The van der Waals surface area contributed by atoms with E-state index in [0.717, 1.165) is 5.56 Å². The fourth-order valence-electron chi connectivity index (χ4n) is 2.54. The highest BCUT2D eigenvalue weighted by Gasteiger charge is 2.28. The molecule has 0 spiro atoms. The molecule has 136 valence electrons. The molecule has 1 unspecified atom stereocenters. The third-order valence-electron chi connectivity index (χ3n) is 3.90. The minimum absolute atomic E-state index is 0.0842. The van der Waals surface area contributed by atoms with Crippen LogP contribution in [0.1, 0.15) is 11.5 Å². The highest BCUT2D eigenvalue weighted by Crippen LogP contribution is 2.29. The number of aliphatic hydroxyl groups is 1. The van der Waals surface area contributed by atoms with Gasteiger partial charge in [-0.1, -0.05) is 41.9 Å². The van der Waals surface area contributed by atoms with E-state index < -0.39 is 15.9 Å². The van der Waals surface area contributed by atoms with Gasteiger partial charge in [0.15, 0.2) is 0 Å². The second-order valence-corrected chi connectivity index (χ2v) is 7.69. The van der Waals surface area contributed by atoms with Crippen LogP contribution < -0.4 is 10.6 Å². The molecule has 1 atom stereocenters. The third kappa shape index (κ3) is 3.87.